The zero-order chi connectivity index (χ0) is 24.4. The Morgan fingerprint density at radius 3 is 2.48 bits per heavy atom. The number of ether oxygens (including phenoxy) is 1. The van der Waals surface area contributed by atoms with Crippen LogP contribution in [0.5, 0.6) is 5.75 Å². The van der Waals surface area contributed by atoms with Gasteiger partial charge in [0.15, 0.2) is 6.61 Å². The van der Waals surface area contributed by atoms with Crippen molar-refractivity contribution in [2.45, 2.75) is 59.0 Å². The Bertz CT molecular complexity index is 789. The predicted molar refractivity (Wildman–Crippen MR) is 129 cm³/mol. The largest absolute Gasteiger partial charge is 0.484 e. The number of hydrogen-bond acceptors (Lipinski definition) is 4. The van der Waals surface area contributed by atoms with Gasteiger partial charge in [0.25, 0.3) is 5.91 Å². The minimum absolute atomic E-state index is 0.0392. The molecule has 0 spiro atoms. The molecule has 3 atom stereocenters. The SMILES string of the molecule is CCCCNC(=O)N1CCN(C(=O)C(NC(=O)COc2ccc(Cl)cc2)C(C)CC)CC1C. The number of nitrogens with one attached hydrogen (secondary N) is 2. The third-order valence-corrected chi connectivity index (χ3v) is 6.24. The number of rotatable bonds is 10. The van der Waals surface area contributed by atoms with Crippen LogP contribution in [-0.2, 0) is 9.59 Å². The van der Waals surface area contributed by atoms with Gasteiger partial charge in [-0.25, -0.2) is 4.79 Å². The highest BCUT2D eigenvalue weighted by Crippen LogP contribution is 2.17. The van der Waals surface area contributed by atoms with Gasteiger partial charge in [-0.3, -0.25) is 9.59 Å². The first-order valence-corrected chi connectivity index (χ1v) is 12.2. The monoisotopic (exact) mass is 480 g/mol. The lowest BCUT2D eigenvalue weighted by Gasteiger charge is -2.41. The maximum Gasteiger partial charge on any atom is 0.317 e. The van der Waals surface area contributed by atoms with E-state index in [4.69, 9.17) is 16.3 Å². The Balaban J connectivity index is 1.93. The third kappa shape index (κ3) is 8.11. The van der Waals surface area contributed by atoms with E-state index in [0.717, 1.165) is 19.3 Å². The molecule has 0 bridgehead atoms. The van der Waals surface area contributed by atoms with Crippen molar-refractivity contribution in [2.75, 3.05) is 32.8 Å². The van der Waals surface area contributed by atoms with E-state index >= 15 is 0 Å². The van der Waals surface area contributed by atoms with Gasteiger partial charge in [0.05, 0.1) is 0 Å². The summed E-state index contributed by atoms with van der Waals surface area (Å²) in [5.74, 6) is 0.0125. The molecule has 1 fully saturated rings. The molecule has 1 aliphatic rings. The van der Waals surface area contributed by atoms with Crippen molar-refractivity contribution < 1.29 is 19.1 Å². The molecule has 3 unspecified atom stereocenters. The molecule has 33 heavy (non-hydrogen) atoms. The zero-order valence-electron chi connectivity index (χ0n) is 20.1. The molecule has 2 N–H and O–H groups in total. The van der Waals surface area contributed by atoms with E-state index < -0.39 is 6.04 Å². The van der Waals surface area contributed by atoms with Gasteiger partial charge in [-0.05, 0) is 43.5 Å². The molecule has 1 heterocycles. The fourth-order valence-electron chi connectivity index (χ4n) is 3.71. The summed E-state index contributed by atoms with van der Waals surface area (Å²) in [5.41, 5.74) is 0. The zero-order valence-corrected chi connectivity index (χ0v) is 20.9. The van der Waals surface area contributed by atoms with Crippen molar-refractivity contribution in [3.05, 3.63) is 29.3 Å². The van der Waals surface area contributed by atoms with E-state index in [2.05, 4.69) is 17.6 Å². The number of carbonyl (C=O) groups excluding carboxylic acids is 3. The Morgan fingerprint density at radius 2 is 1.88 bits per heavy atom. The van der Waals surface area contributed by atoms with Crippen molar-refractivity contribution >= 4 is 29.4 Å². The molecule has 1 saturated heterocycles. The smallest absolute Gasteiger partial charge is 0.317 e. The van der Waals surface area contributed by atoms with E-state index in [0.29, 0.717) is 37.0 Å². The van der Waals surface area contributed by atoms with Crippen LogP contribution in [0.3, 0.4) is 0 Å². The summed E-state index contributed by atoms with van der Waals surface area (Å²) in [6, 6.07) is 5.91. The molecule has 184 valence electrons. The molecule has 0 aliphatic carbocycles. The first-order chi connectivity index (χ1) is 15.8. The van der Waals surface area contributed by atoms with Gasteiger partial charge in [0, 0.05) is 37.2 Å². The van der Waals surface area contributed by atoms with Crippen LogP contribution in [0.4, 0.5) is 4.79 Å². The second-order valence-electron chi connectivity index (χ2n) is 8.59. The van der Waals surface area contributed by atoms with Crippen LogP contribution < -0.4 is 15.4 Å². The number of halogens is 1. The maximum atomic E-state index is 13.3. The summed E-state index contributed by atoms with van der Waals surface area (Å²) in [7, 11) is 0. The number of unbranched alkanes of at least 4 members (excludes halogenated alkanes) is 1. The summed E-state index contributed by atoms with van der Waals surface area (Å²) < 4.78 is 5.51. The van der Waals surface area contributed by atoms with Crippen molar-refractivity contribution in [3.8, 4) is 5.75 Å². The fraction of sp³-hybridized carbons (Fsp3) is 0.625. The van der Waals surface area contributed by atoms with Gasteiger partial charge in [-0.1, -0.05) is 45.2 Å². The third-order valence-electron chi connectivity index (χ3n) is 5.99. The van der Waals surface area contributed by atoms with Crippen LogP contribution in [0.1, 0.15) is 47.0 Å². The lowest BCUT2D eigenvalue weighted by Crippen LogP contribution is -2.61. The lowest BCUT2D eigenvalue weighted by molar-refractivity contribution is -0.140. The van der Waals surface area contributed by atoms with E-state index in [9.17, 15) is 14.4 Å². The van der Waals surface area contributed by atoms with Gasteiger partial charge in [0.1, 0.15) is 11.8 Å². The normalized spacial score (nSPS) is 17.8. The molecule has 1 aromatic rings. The molecule has 1 aliphatic heterocycles. The standard InChI is InChI=1S/C24H37ClN4O4/c1-5-7-12-26-24(32)29-14-13-28(15-18(29)4)23(31)22(17(3)6-2)27-21(30)16-33-20-10-8-19(25)9-11-20/h8-11,17-18,22H,5-7,12-16H2,1-4H3,(H,26,32)(H,27,30). The topological polar surface area (TPSA) is 91.0 Å². The molecular formula is C24H37ClN4O4. The lowest BCUT2D eigenvalue weighted by atomic mass is 9.97. The molecule has 8 nitrogen and oxygen atoms in total. The first-order valence-electron chi connectivity index (χ1n) is 11.8. The van der Waals surface area contributed by atoms with Gasteiger partial charge in [-0.2, -0.15) is 0 Å². The van der Waals surface area contributed by atoms with Crippen LogP contribution in [-0.4, -0.2) is 72.5 Å². The van der Waals surface area contributed by atoms with Crippen LogP contribution in [0, 0.1) is 5.92 Å². The Labute approximate surface area is 202 Å². The van der Waals surface area contributed by atoms with Crippen LogP contribution in [0.15, 0.2) is 24.3 Å². The number of urea groups is 1. The summed E-state index contributed by atoms with van der Waals surface area (Å²) in [5, 5.41) is 6.38. The first kappa shape index (κ1) is 26.8. The molecular weight excluding hydrogens is 444 g/mol. The summed E-state index contributed by atoms with van der Waals surface area (Å²) in [4.78, 5) is 41.8. The van der Waals surface area contributed by atoms with Crippen LogP contribution in [0.25, 0.3) is 0 Å². The van der Waals surface area contributed by atoms with Gasteiger partial charge >= 0.3 is 6.03 Å². The van der Waals surface area contributed by atoms with Crippen molar-refractivity contribution in [2.24, 2.45) is 5.92 Å². The Kier molecular flexibility index (Phi) is 10.8. The van der Waals surface area contributed by atoms with Crippen LogP contribution in [0.2, 0.25) is 5.02 Å². The second kappa shape index (κ2) is 13.3. The molecule has 2 rings (SSSR count). The highest BCUT2D eigenvalue weighted by molar-refractivity contribution is 6.30. The molecule has 1 aromatic carbocycles. The van der Waals surface area contributed by atoms with Crippen molar-refractivity contribution in [3.63, 3.8) is 0 Å². The number of hydrogen-bond donors (Lipinski definition) is 2. The summed E-state index contributed by atoms with van der Waals surface area (Å²) in [6.45, 7) is 9.76. The molecule has 0 radical (unpaired) electrons. The van der Waals surface area contributed by atoms with Gasteiger partial charge < -0.3 is 25.2 Å². The second-order valence-corrected chi connectivity index (χ2v) is 9.02. The van der Waals surface area contributed by atoms with E-state index in [-0.39, 0.29) is 36.4 Å². The number of carbonyl (C=O) groups is 3. The van der Waals surface area contributed by atoms with Crippen LogP contribution >= 0.6 is 11.6 Å². The Morgan fingerprint density at radius 1 is 1.18 bits per heavy atom. The number of benzene rings is 1. The number of nitrogens with zero attached hydrogens (tertiary/aromatic N) is 2. The quantitative estimate of drug-likeness (QED) is 0.503. The summed E-state index contributed by atoms with van der Waals surface area (Å²) in [6.07, 6.45) is 2.70. The van der Waals surface area contributed by atoms with Gasteiger partial charge in [0.2, 0.25) is 5.91 Å². The molecule has 0 aromatic heterocycles. The van der Waals surface area contributed by atoms with Crippen molar-refractivity contribution in [1.29, 1.82) is 0 Å². The fourth-order valence-corrected chi connectivity index (χ4v) is 3.83. The van der Waals surface area contributed by atoms with E-state index in [1.807, 2.05) is 20.8 Å². The molecule has 0 saturated carbocycles. The maximum absolute atomic E-state index is 13.3. The number of piperazine rings is 1. The number of amides is 4. The average molecular weight is 481 g/mol. The van der Waals surface area contributed by atoms with Gasteiger partial charge in [-0.15, -0.1) is 0 Å². The predicted octanol–water partition coefficient (Wildman–Crippen LogP) is 3.29. The van der Waals surface area contributed by atoms with Crippen molar-refractivity contribution in [1.82, 2.24) is 20.4 Å². The minimum Gasteiger partial charge on any atom is -0.484 e. The molecule has 4 amide bonds. The minimum atomic E-state index is -0.645. The summed E-state index contributed by atoms with van der Waals surface area (Å²) >= 11 is 5.87. The Hall–Kier alpha value is -2.48. The molecule has 9 heteroatoms. The highest BCUT2D eigenvalue weighted by atomic mass is 35.5. The van der Waals surface area contributed by atoms with E-state index in [1.54, 1.807) is 34.1 Å². The van der Waals surface area contributed by atoms with E-state index in [1.165, 1.54) is 0 Å². The highest BCUT2D eigenvalue weighted by Gasteiger charge is 2.35. The average Bonchev–Trinajstić information content (AvgIpc) is 2.81.